The number of rotatable bonds is 8. The van der Waals surface area contributed by atoms with Crippen LogP contribution in [0.4, 0.5) is 11.5 Å². The fourth-order valence-corrected chi connectivity index (χ4v) is 3.32. The Balaban J connectivity index is 2.03. The maximum atomic E-state index is 12.6. The molecule has 0 saturated carbocycles. The highest BCUT2D eigenvalue weighted by Crippen LogP contribution is 2.29. The van der Waals surface area contributed by atoms with E-state index in [1.165, 1.54) is 18.7 Å². The number of thioether (sulfide) groups is 1. The third kappa shape index (κ3) is 6.26. The second kappa shape index (κ2) is 9.27. The Bertz CT molecular complexity index is 713. The number of benzene rings is 1. The first-order chi connectivity index (χ1) is 12.0. The SMILES string of the molecule is CCCC[C@H](Sc1ccc(NC(C)=O)cc1)C(=O)Nc1cc(C)on1. The van der Waals surface area contributed by atoms with Crippen molar-refractivity contribution in [1.82, 2.24) is 5.16 Å². The van der Waals surface area contributed by atoms with Crippen LogP contribution in [0.3, 0.4) is 0 Å². The van der Waals surface area contributed by atoms with E-state index < -0.39 is 0 Å². The number of carbonyl (C=O) groups excluding carboxylic acids is 2. The predicted molar refractivity (Wildman–Crippen MR) is 99.8 cm³/mol. The molecule has 0 bridgehead atoms. The Morgan fingerprint density at radius 1 is 1.24 bits per heavy atom. The van der Waals surface area contributed by atoms with E-state index in [9.17, 15) is 9.59 Å². The number of nitrogens with zero attached hydrogens (tertiary/aromatic N) is 1. The van der Waals surface area contributed by atoms with Gasteiger partial charge in [0.15, 0.2) is 5.82 Å². The molecule has 0 aliphatic rings. The second-order valence-electron chi connectivity index (χ2n) is 5.77. The molecular weight excluding hydrogens is 338 g/mol. The zero-order valence-corrected chi connectivity index (χ0v) is 15.5. The van der Waals surface area contributed by atoms with Crippen molar-refractivity contribution in [2.45, 2.75) is 50.2 Å². The van der Waals surface area contributed by atoms with Crippen LogP contribution < -0.4 is 10.6 Å². The van der Waals surface area contributed by atoms with Crippen molar-refractivity contribution < 1.29 is 14.1 Å². The molecular formula is C18H23N3O3S. The first kappa shape index (κ1) is 19.1. The Kier molecular flexibility index (Phi) is 7.06. The van der Waals surface area contributed by atoms with Crippen LogP contribution in [-0.4, -0.2) is 22.2 Å². The van der Waals surface area contributed by atoms with E-state index in [-0.39, 0.29) is 17.1 Å². The third-order valence-electron chi connectivity index (χ3n) is 3.44. The summed E-state index contributed by atoms with van der Waals surface area (Å²) in [4.78, 5) is 24.6. The summed E-state index contributed by atoms with van der Waals surface area (Å²) in [5.41, 5.74) is 0.740. The van der Waals surface area contributed by atoms with Crippen LogP contribution in [0.15, 0.2) is 39.8 Å². The van der Waals surface area contributed by atoms with Gasteiger partial charge in [-0.1, -0.05) is 24.9 Å². The summed E-state index contributed by atoms with van der Waals surface area (Å²) in [7, 11) is 0. The molecule has 2 aromatic rings. The van der Waals surface area contributed by atoms with Gasteiger partial charge in [-0.25, -0.2) is 0 Å². The van der Waals surface area contributed by atoms with Crippen LogP contribution >= 0.6 is 11.8 Å². The van der Waals surface area contributed by atoms with Crippen LogP contribution in [0, 0.1) is 6.92 Å². The van der Waals surface area contributed by atoms with Crippen molar-refractivity contribution in [2.24, 2.45) is 0 Å². The van der Waals surface area contributed by atoms with Gasteiger partial charge in [-0.15, -0.1) is 11.8 Å². The zero-order valence-electron chi connectivity index (χ0n) is 14.7. The van der Waals surface area contributed by atoms with Crippen molar-refractivity contribution >= 4 is 35.1 Å². The molecule has 1 aromatic heterocycles. The number of carbonyl (C=O) groups is 2. The van der Waals surface area contributed by atoms with Gasteiger partial charge in [0.2, 0.25) is 11.8 Å². The largest absolute Gasteiger partial charge is 0.360 e. The normalized spacial score (nSPS) is 11.8. The lowest BCUT2D eigenvalue weighted by Gasteiger charge is -2.15. The molecule has 0 fully saturated rings. The smallest absolute Gasteiger partial charge is 0.239 e. The molecule has 6 nitrogen and oxygen atoms in total. The van der Waals surface area contributed by atoms with Crippen LogP contribution in [0.2, 0.25) is 0 Å². The number of hydrogen-bond acceptors (Lipinski definition) is 5. The molecule has 2 N–H and O–H groups in total. The van der Waals surface area contributed by atoms with Gasteiger partial charge in [-0.3, -0.25) is 9.59 Å². The Morgan fingerprint density at radius 2 is 1.96 bits per heavy atom. The molecule has 0 radical (unpaired) electrons. The van der Waals surface area contributed by atoms with E-state index in [1.807, 2.05) is 24.3 Å². The number of anilines is 2. The lowest BCUT2D eigenvalue weighted by atomic mass is 10.2. The van der Waals surface area contributed by atoms with Crippen molar-refractivity contribution in [3.63, 3.8) is 0 Å². The summed E-state index contributed by atoms with van der Waals surface area (Å²) in [6, 6.07) is 9.17. The average Bonchev–Trinajstić information content (AvgIpc) is 2.97. The zero-order chi connectivity index (χ0) is 18.2. The molecule has 2 amide bonds. The fraction of sp³-hybridized carbons (Fsp3) is 0.389. The van der Waals surface area contributed by atoms with Gasteiger partial charge in [-0.2, -0.15) is 0 Å². The van der Waals surface area contributed by atoms with E-state index in [2.05, 4.69) is 22.7 Å². The van der Waals surface area contributed by atoms with Gasteiger partial charge in [0.25, 0.3) is 0 Å². The first-order valence-electron chi connectivity index (χ1n) is 8.26. The maximum Gasteiger partial charge on any atom is 0.239 e. The maximum absolute atomic E-state index is 12.6. The fourth-order valence-electron chi connectivity index (χ4n) is 2.25. The molecule has 7 heteroatoms. The summed E-state index contributed by atoms with van der Waals surface area (Å²) >= 11 is 1.51. The van der Waals surface area contributed by atoms with Crippen LogP contribution in [0.1, 0.15) is 38.9 Å². The highest BCUT2D eigenvalue weighted by molar-refractivity contribution is 8.00. The summed E-state index contributed by atoms with van der Waals surface area (Å²) in [6.07, 6.45) is 2.76. The molecule has 0 spiro atoms. The highest BCUT2D eigenvalue weighted by Gasteiger charge is 2.20. The number of aryl methyl sites for hydroxylation is 1. The minimum absolute atomic E-state index is 0.0855. The standard InChI is InChI=1S/C18H23N3O3S/c1-4-5-6-16(18(23)20-17-11-12(2)24-21-17)25-15-9-7-14(8-10-15)19-13(3)22/h7-11,16H,4-6H2,1-3H3,(H,19,22)(H,20,21,23)/t16-/m0/s1. The average molecular weight is 361 g/mol. The summed E-state index contributed by atoms with van der Waals surface area (Å²) < 4.78 is 4.98. The lowest BCUT2D eigenvalue weighted by molar-refractivity contribution is -0.116. The number of hydrogen-bond donors (Lipinski definition) is 2. The third-order valence-corrected chi connectivity index (χ3v) is 4.72. The van der Waals surface area contributed by atoms with Gasteiger partial charge in [-0.05, 0) is 37.6 Å². The molecule has 0 aliphatic carbocycles. The van der Waals surface area contributed by atoms with E-state index >= 15 is 0 Å². The first-order valence-corrected chi connectivity index (χ1v) is 9.14. The molecule has 0 saturated heterocycles. The molecule has 0 aliphatic heterocycles. The van der Waals surface area contributed by atoms with Crippen LogP contribution in [0.5, 0.6) is 0 Å². The van der Waals surface area contributed by atoms with Crippen molar-refractivity contribution in [2.75, 3.05) is 10.6 Å². The molecule has 0 unspecified atom stereocenters. The van der Waals surface area contributed by atoms with Crippen LogP contribution in [-0.2, 0) is 9.59 Å². The van der Waals surface area contributed by atoms with E-state index in [0.717, 1.165) is 29.8 Å². The Labute approximate surface area is 151 Å². The van der Waals surface area contributed by atoms with Gasteiger partial charge in [0, 0.05) is 23.6 Å². The Morgan fingerprint density at radius 3 is 2.52 bits per heavy atom. The van der Waals surface area contributed by atoms with E-state index in [0.29, 0.717) is 11.6 Å². The highest BCUT2D eigenvalue weighted by atomic mass is 32.2. The van der Waals surface area contributed by atoms with E-state index in [4.69, 9.17) is 4.52 Å². The van der Waals surface area contributed by atoms with Gasteiger partial charge < -0.3 is 15.2 Å². The minimum Gasteiger partial charge on any atom is -0.360 e. The number of unbranched alkanes of at least 4 members (excludes halogenated alkanes) is 1. The molecule has 1 aromatic carbocycles. The molecule has 134 valence electrons. The molecule has 2 rings (SSSR count). The number of nitrogens with one attached hydrogen (secondary N) is 2. The predicted octanol–water partition coefficient (Wildman–Crippen LogP) is 4.23. The lowest BCUT2D eigenvalue weighted by Crippen LogP contribution is -2.25. The molecule has 25 heavy (non-hydrogen) atoms. The second-order valence-corrected chi connectivity index (χ2v) is 7.04. The van der Waals surface area contributed by atoms with Crippen molar-refractivity contribution in [1.29, 1.82) is 0 Å². The van der Waals surface area contributed by atoms with Crippen molar-refractivity contribution in [3.05, 3.63) is 36.1 Å². The molecule has 1 heterocycles. The topological polar surface area (TPSA) is 84.2 Å². The molecule has 1 atom stereocenters. The van der Waals surface area contributed by atoms with Gasteiger partial charge >= 0.3 is 0 Å². The van der Waals surface area contributed by atoms with Gasteiger partial charge in [0.05, 0.1) is 5.25 Å². The monoisotopic (exact) mass is 361 g/mol. The van der Waals surface area contributed by atoms with E-state index in [1.54, 1.807) is 13.0 Å². The Hall–Kier alpha value is -2.28. The summed E-state index contributed by atoms with van der Waals surface area (Å²) in [5.74, 6) is 0.897. The van der Waals surface area contributed by atoms with Crippen LogP contribution in [0.25, 0.3) is 0 Å². The summed E-state index contributed by atoms with van der Waals surface area (Å²) in [6.45, 7) is 5.35. The summed E-state index contributed by atoms with van der Waals surface area (Å²) in [5, 5.41) is 9.13. The quantitative estimate of drug-likeness (QED) is 0.687. The number of aromatic nitrogens is 1. The van der Waals surface area contributed by atoms with Gasteiger partial charge in [0.1, 0.15) is 5.76 Å². The number of amides is 2. The van der Waals surface area contributed by atoms with Crippen molar-refractivity contribution in [3.8, 4) is 0 Å². The minimum atomic E-state index is -0.219.